The molecule has 3 N–H and O–H groups in total. The van der Waals surface area contributed by atoms with Crippen LogP contribution in [0.25, 0.3) is 0 Å². The average Bonchev–Trinajstić information content (AvgIpc) is 2.46. The lowest BCUT2D eigenvalue weighted by atomic mass is 10.0. The number of nitrogens with two attached hydrogens (primary N) is 1. The topological polar surface area (TPSA) is 72.2 Å². The van der Waals surface area contributed by atoms with Crippen molar-refractivity contribution in [3.63, 3.8) is 0 Å². The van der Waals surface area contributed by atoms with Crippen LogP contribution in [-0.2, 0) is 10.0 Å². The van der Waals surface area contributed by atoms with Gasteiger partial charge in [0.05, 0.1) is 11.8 Å². The van der Waals surface area contributed by atoms with Gasteiger partial charge in [-0.2, -0.15) is 0 Å². The zero-order chi connectivity index (χ0) is 14.4. The van der Waals surface area contributed by atoms with E-state index >= 15 is 0 Å². The van der Waals surface area contributed by atoms with Crippen LogP contribution < -0.4 is 10.5 Å². The molecule has 0 radical (unpaired) electrons. The molecule has 0 bridgehead atoms. The van der Waals surface area contributed by atoms with Gasteiger partial charge in [-0.3, -0.25) is 4.72 Å². The Balaban J connectivity index is 2.12. The summed E-state index contributed by atoms with van der Waals surface area (Å²) in [5.74, 6) is 5.66. The van der Waals surface area contributed by atoms with Crippen LogP contribution in [0.2, 0.25) is 0 Å². The molecule has 0 amide bonds. The number of nitrogens with one attached hydrogen (secondary N) is 1. The summed E-state index contributed by atoms with van der Waals surface area (Å²) in [6.07, 6.45) is 4.63. The fraction of sp³-hybridized carbons (Fsp3) is 0.467. The van der Waals surface area contributed by atoms with Gasteiger partial charge in [0.15, 0.2) is 0 Å². The highest BCUT2D eigenvalue weighted by Crippen LogP contribution is 2.25. The van der Waals surface area contributed by atoms with Crippen LogP contribution in [0.1, 0.15) is 37.7 Å². The number of benzene rings is 1. The van der Waals surface area contributed by atoms with E-state index in [-0.39, 0.29) is 11.8 Å². The van der Waals surface area contributed by atoms with Gasteiger partial charge in [0, 0.05) is 11.3 Å². The molecule has 0 spiro atoms. The minimum absolute atomic E-state index is 0.268. The van der Waals surface area contributed by atoms with Gasteiger partial charge in [-0.1, -0.05) is 37.2 Å². The molecule has 0 atom stereocenters. The van der Waals surface area contributed by atoms with Crippen LogP contribution >= 0.6 is 0 Å². The lowest BCUT2D eigenvalue weighted by Crippen LogP contribution is -2.29. The molecular weight excluding hydrogens is 272 g/mol. The highest BCUT2D eigenvalue weighted by Gasteiger charge is 2.27. The Bertz CT molecular complexity index is 608. The largest absolute Gasteiger partial charge is 0.320 e. The Kier molecular flexibility index (Phi) is 5.05. The molecule has 1 aromatic carbocycles. The Morgan fingerprint density at radius 3 is 2.70 bits per heavy atom. The molecule has 0 aliphatic heterocycles. The number of rotatable bonds is 3. The summed E-state index contributed by atoms with van der Waals surface area (Å²) in [5, 5.41) is -0.268. The first-order valence-electron chi connectivity index (χ1n) is 6.92. The van der Waals surface area contributed by atoms with Crippen LogP contribution in [-0.4, -0.2) is 20.2 Å². The van der Waals surface area contributed by atoms with Crippen molar-refractivity contribution in [1.82, 2.24) is 0 Å². The van der Waals surface area contributed by atoms with Gasteiger partial charge in [-0.25, -0.2) is 8.42 Å². The average molecular weight is 292 g/mol. The van der Waals surface area contributed by atoms with Crippen LogP contribution in [0.4, 0.5) is 5.69 Å². The fourth-order valence-electron chi connectivity index (χ4n) is 2.44. The van der Waals surface area contributed by atoms with E-state index in [1.807, 2.05) is 6.07 Å². The smallest absolute Gasteiger partial charge is 0.235 e. The molecule has 1 aliphatic rings. The Morgan fingerprint density at radius 2 is 2.00 bits per heavy atom. The maximum absolute atomic E-state index is 12.3. The van der Waals surface area contributed by atoms with Gasteiger partial charge >= 0.3 is 0 Å². The molecule has 5 heteroatoms. The zero-order valence-electron chi connectivity index (χ0n) is 11.4. The van der Waals surface area contributed by atoms with Crippen molar-refractivity contribution in [1.29, 1.82) is 0 Å². The van der Waals surface area contributed by atoms with Crippen LogP contribution in [0.5, 0.6) is 0 Å². The third-order valence-electron chi connectivity index (χ3n) is 3.45. The van der Waals surface area contributed by atoms with Gasteiger partial charge in [0.25, 0.3) is 0 Å². The van der Waals surface area contributed by atoms with Crippen molar-refractivity contribution in [2.75, 3.05) is 11.3 Å². The lowest BCUT2D eigenvalue weighted by molar-refractivity contribution is 0.486. The zero-order valence-corrected chi connectivity index (χ0v) is 12.2. The Hall–Kier alpha value is -1.51. The van der Waals surface area contributed by atoms with Crippen molar-refractivity contribution < 1.29 is 8.42 Å². The predicted octanol–water partition coefficient (Wildman–Crippen LogP) is 2.07. The maximum Gasteiger partial charge on any atom is 0.235 e. The van der Waals surface area contributed by atoms with E-state index in [9.17, 15) is 8.42 Å². The van der Waals surface area contributed by atoms with Gasteiger partial charge in [-0.15, -0.1) is 0 Å². The minimum Gasteiger partial charge on any atom is -0.320 e. The molecule has 4 nitrogen and oxygen atoms in total. The number of sulfonamides is 1. The van der Waals surface area contributed by atoms with Gasteiger partial charge in [0.1, 0.15) is 0 Å². The summed E-state index contributed by atoms with van der Waals surface area (Å²) < 4.78 is 27.3. The van der Waals surface area contributed by atoms with E-state index in [0.29, 0.717) is 5.69 Å². The molecule has 0 heterocycles. The summed E-state index contributed by atoms with van der Waals surface area (Å²) >= 11 is 0. The molecule has 1 aromatic rings. The summed E-state index contributed by atoms with van der Waals surface area (Å²) in [5.41, 5.74) is 6.66. The Morgan fingerprint density at radius 1 is 1.25 bits per heavy atom. The van der Waals surface area contributed by atoms with Crippen LogP contribution in [0.15, 0.2) is 24.3 Å². The summed E-state index contributed by atoms with van der Waals surface area (Å²) in [4.78, 5) is 0. The monoisotopic (exact) mass is 292 g/mol. The first-order chi connectivity index (χ1) is 9.62. The molecule has 1 fully saturated rings. The third kappa shape index (κ3) is 3.99. The second kappa shape index (κ2) is 6.78. The molecule has 108 valence electrons. The highest BCUT2D eigenvalue weighted by molar-refractivity contribution is 7.93. The molecule has 1 saturated carbocycles. The van der Waals surface area contributed by atoms with Gasteiger partial charge in [-0.05, 0) is 31.0 Å². The second-order valence-corrected chi connectivity index (χ2v) is 6.95. The number of anilines is 1. The number of hydrogen-bond acceptors (Lipinski definition) is 3. The highest BCUT2D eigenvalue weighted by atomic mass is 32.2. The summed E-state index contributed by atoms with van der Waals surface area (Å²) in [6.45, 7) is 0.290. The van der Waals surface area contributed by atoms with Crippen molar-refractivity contribution in [3.8, 4) is 11.8 Å². The van der Waals surface area contributed by atoms with E-state index in [1.54, 1.807) is 18.2 Å². The SMILES string of the molecule is NCC#Cc1cccc(NS(=O)(=O)C2CCCCC2)c1. The minimum atomic E-state index is -3.30. The maximum atomic E-state index is 12.3. The van der Waals surface area contributed by atoms with Crippen LogP contribution in [0, 0.1) is 11.8 Å². The normalized spacial score (nSPS) is 16.2. The van der Waals surface area contributed by atoms with E-state index in [4.69, 9.17) is 5.73 Å². The van der Waals surface area contributed by atoms with E-state index in [2.05, 4.69) is 16.6 Å². The molecular formula is C15H20N2O2S. The first kappa shape index (κ1) is 14.9. The molecule has 0 aromatic heterocycles. The molecule has 0 unspecified atom stereocenters. The molecule has 20 heavy (non-hydrogen) atoms. The van der Waals surface area contributed by atoms with Crippen molar-refractivity contribution >= 4 is 15.7 Å². The molecule has 2 rings (SSSR count). The summed E-state index contributed by atoms with van der Waals surface area (Å²) in [6, 6.07) is 7.11. The third-order valence-corrected chi connectivity index (χ3v) is 5.32. The first-order valence-corrected chi connectivity index (χ1v) is 8.47. The summed E-state index contributed by atoms with van der Waals surface area (Å²) in [7, 11) is -3.30. The fourth-order valence-corrected chi connectivity index (χ4v) is 4.01. The predicted molar refractivity (Wildman–Crippen MR) is 81.8 cm³/mol. The van der Waals surface area contributed by atoms with E-state index in [0.717, 1.165) is 37.7 Å². The van der Waals surface area contributed by atoms with Crippen LogP contribution in [0.3, 0.4) is 0 Å². The van der Waals surface area contributed by atoms with Crippen molar-refractivity contribution in [2.45, 2.75) is 37.4 Å². The van der Waals surface area contributed by atoms with Crippen molar-refractivity contribution in [3.05, 3.63) is 29.8 Å². The van der Waals surface area contributed by atoms with Gasteiger partial charge in [0.2, 0.25) is 10.0 Å². The second-order valence-electron chi connectivity index (χ2n) is 4.99. The standard InChI is InChI=1S/C15H20N2O2S/c16-11-5-7-13-6-4-8-14(12-13)17-20(18,19)15-9-2-1-3-10-15/h4,6,8,12,15,17H,1-3,9-11,16H2. The molecule has 1 aliphatic carbocycles. The van der Waals surface area contributed by atoms with E-state index in [1.165, 1.54) is 0 Å². The molecule has 0 saturated heterocycles. The Labute approximate surface area is 120 Å². The van der Waals surface area contributed by atoms with Crippen molar-refractivity contribution in [2.24, 2.45) is 5.73 Å². The van der Waals surface area contributed by atoms with E-state index < -0.39 is 10.0 Å². The quantitative estimate of drug-likeness (QED) is 0.838. The van der Waals surface area contributed by atoms with Gasteiger partial charge < -0.3 is 5.73 Å². The lowest BCUT2D eigenvalue weighted by Gasteiger charge is -2.22. The number of hydrogen-bond donors (Lipinski definition) is 2.